The Morgan fingerprint density at radius 1 is 1.11 bits per heavy atom. The summed E-state index contributed by atoms with van der Waals surface area (Å²) in [6.45, 7) is 2.42. The van der Waals surface area contributed by atoms with Crippen molar-refractivity contribution < 1.29 is 14.7 Å². The first-order valence-electron chi connectivity index (χ1n) is 11.6. The Morgan fingerprint density at radius 2 is 1.94 bits per heavy atom. The maximum Gasteiger partial charge on any atom is 0.342 e. The number of carbonyl (C=O) groups is 2. The molecule has 1 aliphatic rings. The first-order valence-corrected chi connectivity index (χ1v) is 12.5. The number of phenols is 1. The number of hydrogen-bond donors (Lipinski definition) is 3. The first kappa shape index (κ1) is 22.9. The summed E-state index contributed by atoms with van der Waals surface area (Å²) in [5.41, 5.74) is 4.48. The largest absolute Gasteiger partial charge is 0.507 e. The van der Waals surface area contributed by atoms with E-state index in [9.17, 15) is 14.7 Å². The van der Waals surface area contributed by atoms with Crippen molar-refractivity contribution in [3.8, 4) is 17.0 Å². The van der Waals surface area contributed by atoms with E-state index in [4.69, 9.17) is 0 Å². The lowest BCUT2D eigenvalue weighted by Gasteiger charge is -2.25. The quantitative estimate of drug-likeness (QED) is 0.296. The highest BCUT2D eigenvalue weighted by molar-refractivity contribution is 7.12. The highest BCUT2D eigenvalue weighted by Crippen LogP contribution is 2.39. The molecular weight excluding hydrogens is 460 g/mol. The van der Waals surface area contributed by atoms with Crippen molar-refractivity contribution in [3.05, 3.63) is 87.7 Å². The zero-order valence-corrected chi connectivity index (χ0v) is 20.1. The number of aryl methyl sites for hydroxylation is 1. The normalized spacial score (nSPS) is 13.3. The predicted octanol–water partition coefficient (Wildman–Crippen LogP) is 5.90. The molecule has 178 valence electrons. The number of aromatic hydroxyl groups is 1. The Balaban J connectivity index is 1.41. The van der Waals surface area contributed by atoms with E-state index in [2.05, 4.69) is 15.7 Å². The van der Waals surface area contributed by atoms with Crippen molar-refractivity contribution >= 4 is 29.0 Å². The lowest BCUT2D eigenvalue weighted by Crippen LogP contribution is -2.31. The topological polar surface area (TPSA) is 96.3 Å². The Labute approximate surface area is 207 Å². The van der Waals surface area contributed by atoms with Gasteiger partial charge in [0.2, 0.25) is 0 Å². The fraction of sp³-hybridized carbons (Fsp3) is 0.222. The molecule has 35 heavy (non-hydrogen) atoms. The van der Waals surface area contributed by atoms with E-state index in [1.807, 2.05) is 48.7 Å². The van der Waals surface area contributed by atoms with Gasteiger partial charge in [0.1, 0.15) is 5.75 Å². The van der Waals surface area contributed by atoms with E-state index in [1.165, 1.54) is 22.1 Å². The molecule has 0 saturated heterocycles. The number of hydrogen-bond acceptors (Lipinski definition) is 5. The number of thiophene rings is 1. The molecule has 8 heteroatoms. The Kier molecular flexibility index (Phi) is 6.37. The monoisotopic (exact) mass is 486 g/mol. The lowest BCUT2D eigenvalue weighted by atomic mass is 9.82. The number of aromatic nitrogens is 2. The molecule has 2 aromatic carbocycles. The third kappa shape index (κ3) is 4.83. The minimum absolute atomic E-state index is 0.0317. The Morgan fingerprint density at radius 3 is 2.66 bits per heavy atom. The first-order chi connectivity index (χ1) is 17.0. The summed E-state index contributed by atoms with van der Waals surface area (Å²) in [7, 11) is 0. The Hall–Kier alpha value is -3.91. The molecule has 2 heterocycles. The summed E-state index contributed by atoms with van der Waals surface area (Å²) in [6, 6.07) is 17.9. The predicted molar refractivity (Wildman–Crippen MR) is 137 cm³/mol. The molecule has 7 nitrogen and oxygen atoms in total. The van der Waals surface area contributed by atoms with Crippen LogP contribution < -0.4 is 10.6 Å². The molecular formula is C27H26N4O3S. The highest BCUT2D eigenvalue weighted by Gasteiger charge is 2.27. The van der Waals surface area contributed by atoms with Crippen LogP contribution in [0, 0.1) is 6.92 Å². The van der Waals surface area contributed by atoms with E-state index < -0.39 is 0 Å². The molecule has 0 bridgehead atoms. The van der Waals surface area contributed by atoms with Gasteiger partial charge in [-0.3, -0.25) is 4.79 Å². The van der Waals surface area contributed by atoms with Crippen LogP contribution in [0.4, 0.5) is 10.5 Å². The molecule has 2 amide bonds. The second-order valence-corrected chi connectivity index (χ2v) is 9.69. The van der Waals surface area contributed by atoms with Gasteiger partial charge in [-0.1, -0.05) is 36.8 Å². The van der Waals surface area contributed by atoms with Crippen molar-refractivity contribution in [2.24, 2.45) is 0 Å². The van der Waals surface area contributed by atoms with Gasteiger partial charge in [-0.2, -0.15) is 9.78 Å². The van der Waals surface area contributed by atoms with Gasteiger partial charge >= 0.3 is 6.03 Å². The lowest BCUT2D eigenvalue weighted by molar-refractivity contribution is 0.103. The minimum atomic E-state index is -0.303. The number of phenolic OH excluding ortho intramolecular Hbond substituents is 1. The number of nitrogens with zero attached hydrogens (tertiary/aromatic N) is 2. The van der Waals surface area contributed by atoms with Crippen LogP contribution in [0.5, 0.6) is 5.75 Å². The number of carbonyl (C=O) groups excluding carboxylic acids is 2. The van der Waals surface area contributed by atoms with E-state index in [0.29, 0.717) is 28.4 Å². The van der Waals surface area contributed by atoms with Crippen LogP contribution in [-0.2, 0) is 6.54 Å². The van der Waals surface area contributed by atoms with Gasteiger partial charge in [0.15, 0.2) is 0 Å². The molecule has 4 aromatic rings. The smallest absolute Gasteiger partial charge is 0.342 e. The molecule has 1 fully saturated rings. The molecule has 0 unspecified atom stereocenters. The third-order valence-electron chi connectivity index (χ3n) is 6.42. The van der Waals surface area contributed by atoms with Crippen LogP contribution in [0.3, 0.4) is 0 Å². The van der Waals surface area contributed by atoms with Crippen molar-refractivity contribution in [3.63, 3.8) is 0 Å². The van der Waals surface area contributed by atoms with Gasteiger partial charge in [0.25, 0.3) is 5.91 Å². The molecule has 5 rings (SSSR count). The van der Waals surface area contributed by atoms with Gasteiger partial charge in [-0.25, -0.2) is 4.79 Å². The average Bonchev–Trinajstić information content (AvgIpc) is 3.49. The van der Waals surface area contributed by atoms with Gasteiger partial charge < -0.3 is 15.7 Å². The van der Waals surface area contributed by atoms with Crippen LogP contribution in [-0.4, -0.2) is 26.8 Å². The van der Waals surface area contributed by atoms with Crippen molar-refractivity contribution in [1.82, 2.24) is 15.1 Å². The van der Waals surface area contributed by atoms with Crippen LogP contribution in [0.2, 0.25) is 0 Å². The molecule has 2 aromatic heterocycles. The zero-order chi connectivity index (χ0) is 24.4. The number of nitrogens with one attached hydrogen (secondary N) is 2. The van der Waals surface area contributed by atoms with Crippen LogP contribution >= 0.6 is 11.3 Å². The average molecular weight is 487 g/mol. The van der Waals surface area contributed by atoms with Crippen molar-refractivity contribution in [2.75, 3.05) is 5.32 Å². The fourth-order valence-electron chi connectivity index (χ4n) is 4.16. The summed E-state index contributed by atoms with van der Waals surface area (Å²) in [5, 5.41) is 22.8. The van der Waals surface area contributed by atoms with Gasteiger partial charge in [0, 0.05) is 23.7 Å². The molecule has 0 spiro atoms. The molecule has 1 saturated carbocycles. The minimum Gasteiger partial charge on any atom is -0.507 e. The maximum atomic E-state index is 13.1. The molecule has 0 aliphatic heterocycles. The van der Waals surface area contributed by atoms with Crippen molar-refractivity contribution in [2.45, 2.75) is 38.6 Å². The van der Waals surface area contributed by atoms with Crippen molar-refractivity contribution in [1.29, 1.82) is 0 Å². The fourth-order valence-corrected chi connectivity index (χ4v) is 4.78. The highest BCUT2D eigenvalue weighted by atomic mass is 32.1. The second kappa shape index (κ2) is 9.76. The van der Waals surface area contributed by atoms with E-state index in [0.717, 1.165) is 36.1 Å². The number of benzene rings is 2. The van der Waals surface area contributed by atoms with E-state index in [-0.39, 0.29) is 23.6 Å². The molecule has 1 aliphatic carbocycles. The van der Waals surface area contributed by atoms with Gasteiger partial charge in [-0.05, 0) is 66.6 Å². The summed E-state index contributed by atoms with van der Waals surface area (Å²) in [6.07, 6.45) is 3.11. The van der Waals surface area contributed by atoms with Gasteiger partial charge in [0.05, 0.1) is 16.3 Å². The standard InChI is InChI=1S/C27H26N4O3S/c1-17-6-2-3-7-19(17)16-28-27(34)31-23(18-8-4-9-18)15-22(30-31)21-14-20(11-12-24(21)32)29-26(33)25-10-5-13-35-25/h2-3,5-7,10-15,18,32H,4,8-9,16H2,1H3,(H,28,34)(H,29,33). The molecule has 0 radical (unpaired) electrons. The summed E-state index contributed by atoms with van der Waals surface area (Å²) in [5.74, 6) is 0.0708. The van der Waals surface area contributed by atoms with Gasteiger partial charge in [-0.15, -0.1) is 11.3 Å². The second-order valence-electron chi connectivity index (χ2n) is 8.74. The summed E-state index contributed by atoms with van der Waals surface area (Å²) < 4.78 is 1.42. The van der Waals surface area contributed by atoms with E-state index >= 15 is 0 Å². The summed E-state index contributed by atoms with van der Waals surface area (Å²) >= 11 is 1.36. The maximum absolute atomic E-state index is 13.1. The van der Waals surface area contributed by atoms with E-state index in [1.54, 1.807) is 18.2 Å². The zero-order valence-electron chi connectivity index (χ0n) is 19.3. The molecule has 0 atom stereocenters. The number of rotatable bonds is 6. The third-order valence-corrected chi connectivity index (χ3v) is 7.29. The number of amides is 2. The van der Waals surface area contributed by atoms with Crippen LogP contribution in [0.1, 0.15) is 51.7 Å². The SMILES string of the molecule is Cc1ccccc1CNC(=O)n1nc(-c2cc(NC(=O)c3cccs3)ccc2O)cc1C1CCC1. The molecule has 3 N–H and O–H groups in total. The number of anilines is 1. The Bertz CT molecular complexity index is 1370. The van der Waals surface area contributed by atoms with Crippen LogP contribution in [0.15, 0.2) is 66.0 Å². The summed E-state index contributed by atoms with van der Waals surface area (Å²) in [4.78, 5) is 26.2. The van der Waals surface area contributed by atoms with Crippen LogP contribution in [0.25, 0.3) is 11.3 Å².